The van der Waals surface area contributed by atoms with Crippen LogP contribution in [-0.2, 0) is 4.79 Å². The summed E-state index contributed by atoms with van der Waals surface area (Å²) in [5.74, 6) is 0. The molecule has 1 heterocycles. The van der Waals surface area contributed by atoms with E-state index in [1.165, 1.54) is 11.3 Å². The van der Waals surface area contributed by atoms with Crippen LogP contribution in [0.25, 0.3) is 6.08 Å². The molecular formula is C9H8O2S. The molecule has 1 aromatic heterocycles. The zero-order valence-corrected chi connectivity index (χ0v) is 7.21. The quantitative estimate of drug-likeness (QED) is 0.665. The standard InChI is InChI=1S/C9H8O2S/c10-6-2-1-3-8-4-5-9(7-11)12-8/h1,3-7H,2H2. The summed E-state index contributed by atoms with van der Waals surface area (Å²) in [6.45, 7) is 0. The minimum atomic E-state index is 0.425. The number of thiophene rings is 1. The van der Waals surface area contributed by atoms with Gasteiger partial charge >= 0.3 is 0 Å². The molecule has 1 rings (SSSR count). The number of carbonyl (C=O) groups is 2. The van der Waals surface area contributed by atoms with E-state index in [-0.39, 0.29) is 0 Å². The fourth-order valence-electron chi connectivity index (χ4n) is 0.761. The first kappa shape index (κ1) is 8.87. The summed E-state index contributed by atoms with van der Waals surface area (Å²) in [7, 11) is 0. The van der Waals surface area contributed by atoms with Gasteiger partial charge < -0.3 is 4.79 Å². The molecule has 0 radical (unpaired) electrons. The summed E-state index contributed by atoms with van der Waals surface area (Å²) in [4.78, 5) is 21.9. The lowest BCUT2D eigenvalue weighted by atomic mass is 10.3. The Kier molecular flexibility index (Phi) is 3.41. The number of rotatable bonds is 4. The molecular weight excluding hydrogens is 172 g/mol. The molecule has 0 atom stereocenters. The fourth-order valence-corrected chi connectivity index (χ4v) is 1.52. The summed E-state index contributed by atoms with van der Waals surface area (Å²) in [5.41, 5.74) is 0. The van der Waals surface area contributed by atoms with E-state index in [9.17, 15) is 9.59 Å². The smallest absolute Gasteiger partial charge is 0.160 e. The molecule has 62 valence electrons. The highest BCUT2D eigenvalue weighted by Gasteiger charge is 1.93. The molecule has 0 fully saturated rings. The van der Waals surface area contributed by atoms with Crippen LogP contribution in [0.3, 0.4) is 0 Å². The van der Waals surface area contributed by atoms with Crippen molar-refractivity contribution in [2.45, 2.75) is 6.42 Å². The van der Waals surface area contributed by atoms with Gasteiger partial charge in [0.25, 0.3) is 0 Å². The lowest BCUT2D eigenvalue weighted by Gasteiger charge is -1.79. The second-order valence-corrected chi connectivity index (χ2v) is 3.31. The Bertz CT molecular complexity index is 299. The van der Waals surface area contributed by atoms with E-state index >= 15 is 0 Å². The van der Waals surface area contributed by atoms with Crippen molar-refractivity contribution in [3.63, 3.8) is 0 Å². The predicted octanol–water partition coefficient (Wildman–Crippen LogP) is 2.16. The minimum Gasteiger partial charge on any atom is -0.303 e. The molecule has 0 saturated carbocycles. The van der Waals surface area contributed by atoms with Gasteiger partial charge in [-0.05, 0) is 18.2 Å². The summed E-state index contributed by atoms with van der Waals surface area (Å²) in [6.07, 6.45) is 5.69. The van der Waals surface area contributed by atoms with Gasteiger partial charge in [0.15, 0.2) is 6.29 Å². The monoisotopic (exact) mass is 180 g/mol. The average Bonchev–Trinajstić information content (AvgIpc) is 2.53. The van der Waals surface area contributed by atoms with Crippen LogP contribution < -0.4 is 0 Å². The molecule has 0 aromatic carbocycles. The topological polar surface area (TPSA) is 34.1 Å². The number of hydrogen-bond acceptors (Lipinski definition) is 3. The molecule has 0 saturated heterocycles. The molecule has 3 heteroatoms. The van der Waals surface area contributed by atoms with Crippen molar-refractivity contribution in [3.8, 4) is 0 Å². The van der Waals surface area contributed by atoms with Gasteiger partial charge in [0, 0.05) is 11.3 Å². The van der Waals surface area contributed by atoms with Gasteiger partial charge in [0.05, 0.1) is 4.88 Å². The molecule has 0 bridgehead atoms. The fraction of sp³-hybridized carbons (Fsp3) is 0.111. The first-order valence-electron chi connectivity index (χ1n) is 3.52. The lowest BCUT2D eigenvalue weighted by molar-refractivity contribution is -0.107. The van der Waals surface area contributed by atoms with E-state index in [4.69, 9.17) is 0 Å². The molecule has 1 aromatic rings. The van der Waals surface area contributed by atoms with Gasteiger partial charge in [0.1, 0.15) is 6.29 Å². The van der Waals surface area contributed by atoms with Gasteiger partial charge in [-0.3, -0.25) is 4.79 Å². The van der Waals surface area contributed by atoms with Crippen LogP contribution in [0.4, 0.5) is 0 Å². The Morgan fingerprint density at radius 1 is 1.25 bits per heavy atom. The van der Waals surface area contributed by atoms with E-state index in [2.05, 4.69) is 0 Å². The van der Waals surface area contributed by atoms with Crippen molar-refractivity contribution in [2.24, 2.45) is 0 Å². The summed E-state index contributed by atoms with van der Waals surface area (Å²) in [5, 5.41) is 0. The van der Waals surface area contributed by atoms with Crippen LogP contribution in [0.15, 0.2) is 18.2 Å². The van der Waals surface area contributed by atoms with Crippen molar-refractivity contribution < 1.29 is 9.59 Å². The Labute approximate surface area is 74.5 Å². The summed E-state index contributed by atoms with van der Waals surface area (Å²) >= 11 is 1.41. The third-order valence-electron chi connectivity index (χ3n) is 1.28. The molecule has 12 heavy (non-hydrogen) atoms. The van der Waals surface area contributed by atoms with E-state index in [0.717, 1.165) is 17.4 Å². The van der Waals surface area contributed by atoms with Crippen molar-refractivity contribution in [3.05, 3.63) is 28.0 Å². The van der Waals surface area contributed by atoms with Crippen molar-refractivity contribution >= 4 is 30.0 Å². The van der Waals surface area contributed by atoms with Gasteiger partial charge in [-0.25, -0.2) is 0 Å². The highest BCUT2D eigenvalue weighted by molar-refractivity contribution is 7.14. The Hall–Kier alpha value is -1.22. The Morgan fingerprint density at radius 3 is 2.58 bits per heavy atom. The first-order chi connectivity index (χ1) is 5.86. The van der Waals surface area contributed by atoms with Crippen LogP contribution >= 0.6 is 11.3 Å². The molecule has 0 aliphatic rings. The molecule has 2 nitrogen and oxygen atoms in total. The normalized spacial score (nSPS) is 10.3. The van der Waals surface area contributed by atoms with Crippen molar-refractivity contribution in [2.75, 3.05) is 0 Å². The van der Waals surface area contributed by atoms with Crippen LogP contribution in [0.1, 0.15) is 21.0 Å². The molecule has 0 amide bonds. The van der Waals surface area contributed by atoms with Crippen molar-refractivity contribution in [1.29, 1.82) is 0 Å². The number of hydrogen-bond donors (Lipinski definition) is 0. The first-order valence-corrected chi connectivity index (χ1v) is 4.33. The van der Waals surface area contributed by atoms with E-state index < -0.39 is 0 Å². The zero-order chi connectivity index (χ0) is 8.81. The summed E-state index contributed by atoms with van der Waals surface area (Å²) < 4.78 is 0. The van der Waals surface area contributed by atoms with Gasteiger partial charge in [-0.15, -0.1) is 11.3 Å². The van der Waals surface area contributed by atoms with Crippen LogP contribution in [0.2, 0.25) is 0 Å². The Morgan fingerprint density at radius 2 is 2.00 bits per heavy atom. The number of carbonyl (C=O) groups excluding carboxylic acids is 2. The highest BCUT2D eigenvalue weighted by atomic mass is 32.1. The predicted molar refractivity (Wildman–Crippen MR) is 49.4 cm³/mol. The zero-order valence-electron chi connectivity index (χ0n) is 6.40. The van der Waals surface area contributed by atoms with Gasteiger partial charge in [-0.1, -0.05) is 6.08 Å². The largest absolute Gasteiger partial charge is 0.303 e. The van der Waals surface area contributed by atoms with E-state index in [1.807, 2.05) is 12.1 Å². The number of allylic oxidation sites excluding steroid dienone is 1. The molecule has 0 aliphatic carbocycles. The Balaban J connectivity index is 2.63. The molecule has 0 aliphatic heterocycles. The summed E-state index contributed by atoms with van der Waals surface area (Å²) in [6, 6.07) is 3.62. The minimum absolute atomic E-state index is 0.425. The molecule has 0 spiro atoms. The average molecular weight is 180 g/mol. The maximum absolute atomic E-state index is 10.3. The van der Waals surface area contributed by atoms with E-state index in [1.54, 1.807) is 12.1 Å². The van der Waals surface area contributed by atoms with Gasteiger partial charge in [0.2, 0.25) is 0 Å². The van der Waals surface area contributed by atoms with Crippen LogP contribution in [0.5, 0.6) is 0 Å². The molecule has 0 N–H and O–H groups in total. The van der Waals surface area contributed by atoms with E-state index in [0.29, 0.717) is 11.3 Å². The molecule has 0 unspecified atom stereocenters. The third kappa shape index (κ3) is 2.43. The SMILES string of the molecule is O=CCC=Cc1ccc(C=O)s1. The highest BCUT2D eigenvalue weighted by Crippen LogP contribution is 2.15. The van der Waals surface area contributed by atoms with Gasteiger partial charge in [-0.2, -0.15) is 0 Å². The second-order valence-electron chi connectivity index (χ2n) is 2.16. The maximum atomic E-state index is 10.3. The number of aldehydes is 2. The van der Waals surface area contributed by atoms with Crippen LogP contribution in [-0.4, -0.2) is 12.6 Å². The third-order valence-corrected chi connectivity index (χ3v) is 2.25. The second kappa shape index (κ2) is 4.62. The maximum Gasteiger partial charge on any atom is 0.160 e. The lowest BCUT2D eigenvalue weighted by Crippen LogP contribution is -1.64. The van der Waals surface area contributed by atoms with Crippen LogP contribution in [0, 0.1) is 0 Å². The van der Waals surface area contributed by atoms with Crippen molar-refractivity contribution in [1.82, 2.24) is 0 Å².